The van der Waals surface area contributed by atoms with Crippen LogP contribution in [0.5, 0.6) is 0 Å². The van der Waals surface area contributed by atoms with Gasteiger partial charge in [0.15, 0.2) is 0 Å². The van der Waals surface area contributed by atoms with Crippen molar-refractivity contribution in [3.05, 3.63) is 176 Å². The van der Waals surface area contributed by atoms with Crippen molar-refractivity contribution in [2.24, 2.45) is 0 Å². The maximum absolute atomic E-state index is 4.22. The Bertz CT molecular complexity index is 2120. The summed E-state index contributed by atoms with van der Waals surface area (Å²) in [6.07, 6.45) is 1.79. The van der Waals surface area contributed by atoms with E-state index >= 15 is 0 Å². The summed E-state index contributed by atoms with van der Waals surface area (Å²) in [7, 11) is 0. The van der Waals surface area contributed by atoms with Crippen LogP contribution in [-0.4, -0.2) is 14.1 Å². The molecule has 0 saturated carbocycles. The van der Waals surface area contributed by atoms with Gasteiger partial charge in [-0.25, -0.2) is 0 Å². The van der Waals surface area contributed by atoms with Crippen molar-refractivity contribution in [1.82, 2.24) is 14.1 Å². The molecule has 3 heterocycles. The summed E-state index contributed by atoms with van der Waals surface area (Å²) in [5.74, 6) is 0. The largest absolute Gasteiger partial charge is 0.309 e. The van der Waals surface area contributed by atoms with E-state index in [1.165, 1.54) is 55.0 Å². The Kier molecular flexibility index (Phi) is 7.83. The minimum atomic E-state index is 0. The van der Waals surface area contributed by atoms with E-state index < -0.39 is 0 Å². The fourth-order valence-corrected chi connectivity index (χ4v) is 6.25. The van der Waals surface area contributed by atoms with Crippen LogP contribution in [0.4, 0.5) is 0 Å². The van der Waals surface area contributed by atoms with Gasteiger partial charge in [-0.05, 0) is 54.2 Å². The Morgan fingerprint density at radius 3 is 1.29 bits per heavy atom. The second kappa shape index (κ2) is 12.4. The van der Waals surface area contributed by atoms with Gasteiger partial charge in [-0.1, -0.05) is 91.0 Å². The first kappa shape index (κ1) is 28.5. The molecule has 0 bridgehead atoms. The summed E-state index contributed by atoms with van der Waals surface area (Å²) < 4.78 is 4.75. The predicted octanol–water partition coefficient (Wildman–Crippen LogP) is 10.4. The van der Waals surface area contributed by atoms with Gasteiger partial charge in [-0.3, -0.25) is 0 Å². The average Bonchev–Trinajstić information content (AvgIpc) is 3.63. The van der Waals surface area contributed by atoms with Crippen molar-refractivity contribution in [2.75, 3.05) is 0 Å². The first-order chi connectivity index (χ1) is 21.9. The molecule has 45 heavy (non-hydrogen) atoms. The second-order valence-electron chi connectivity index (χ2n) is 10.8. The number of pyridine rings is 1. The Morgan fingerprint density at radius 1 is 0.422 bits per heavy atom. The van der Waals surface area contributed by atoms with Gasteiger partial charge in [-0.2, -0.15) is 0 Å². The van der Waals surface area contributed by atoms with Crippen LogP contribution in [-0.2, 0) is 20.1 Å². The van der Waals surface area contributed by atoms with Gasteiger partial charge in [-0.15, -0.1) is 35.9 Å². The van der Waals surface area contributed by atoms with Crippen LogP contribution in [0.3, 0.4) is 0 Å². The summed E-state index contributed by atoms with van der Waals surface area (Å²) in [6.45, 7) is 0. The Balaban J connectivity index is 0.000000211. The molecule has 6 aromatic carbocycles. The molecule has 3 nitrogen and oxygen atoms in total. The molecule has 0 aliphatic rings. The van der Waals surface area contributed by atoms with Gasteiger partial charge in [0.1, 0.15) is 0 Å². The molecule has 217 valence electrons. The quantitative estimate of drug-likeness (QED) is 0.165. The molecule has 0 fully saturated rings. The molecule has 9 aromatic rings. The molecular weight excluding hydrogens is 727 g/mol. The molecule has 0 aliphatic carbocycles. The van der Waals surface area contributed by atoms with Gasteiger partial charge in [0.25, 0.3) is 0 Å². The van der Waals surface area contributed by atoms with E-state index in [1.807, 2.05) is 42.5 Å². The number of para-hydroxylation sites is 4. The third-order valence-electron chi connectivity index (χ3n) is 8.16. The molecule has 4 heteroatoms. The van der Waals surface area contributed by atoms with Crippen molar-refractivity contribution in [1.29, 1.82) is 0 Å². The number of hydrogen-bond acceptors (Lipinski definition) is 1. The van der Waals surface area contributed by atoms with Crippen LogP contribution in [0.25, 0.3) is 66.2 Å². The molecule has 9 rings (SSSR count). The maximum Gasteiger partial charge on any atom is 0.0541 e. The zero-order valence-electron chi connectivity index (χ0n) is 24.3. The van der Waals surface area contributed by atoms with Crippen LogP contribution in [0.2, 0.25) is 0 Å². The minimum Gasteiger partial charge on any atom is -0.309 e. The summed E-state index contributed by atoms with van der Waals surface area (Å²) in [5, 5.41) is 5.13. The molecule has 3 aromatic heterocycles. The van der Waals surface area contributed by atoms with E-state index in [0.717, 1.165) is 11.3 Å². The molecule has 0 N–H and O–H groups in total. The van der Waals surface area contributed by atoms with Crippen LogP contribution in [0.15, 0.2) is 170 Å². The number of rotatable bonds is 3. The smallest absolute Gasteiger partial charge is 0.0541 e. The van der Waals surface area contributed by atoms with Gasteiger partial charge >= 0.3 is 0 Å². The average molecular weight is 755 g/mol. The van der Waals surface area contributed by atoms with Crippen molar-refractivity contribution in [2.45, 2.75) is 0 Å². The SMILES string of the molecule is [Ir].[c-]1ccccc1-c1ccccn1.c1cc(-n2c3ccccc3c3ccccc32)cc(-n2c3ccccc3c3ccccc32)c1. The van der Waals surface area contributed by atoms with E-state index in [2.05, 4.69) is 142 Å². The van der Waals surface area contributed by atoms with E-state index in [1.54, 1.807) is 6.20 Å². The first-order valence-corrected chi connectivity index (χ1v) is 14.8. The fraction of sp³-hybridized carbons (Fsp3) is 0. The standard InChI is InChI=1S/C30H20N2.C11H8N.Ir/c1-5-16-27-23(12-1)24-13-2-6-17-28(24)31(27)21-10-9-11-22(20-21)32-29-18-7-3-14-25(29)26-15-4-8-19-30(26)32;1-2-6-10(7-3-1)11-8-4-5-9-12-11;/h1-20H;1-6,8-9H;/q;-1;. The third-order valence-corrected chi connectivity index (χ3v) is 8.16. The molecular formula is C41H28IrN3-. The Labute approximate surface area is 275 Å². The number of benzene rings is 6. The van der Waals surface area contributed by atoms with Crippen LogP contribution >= 0.6 is 0 Å². The number of fused-ring (bicyclic) bond motifs is 6. The van der Waals surface area contributed by atoms with Crippen molar-refractivity contribution in [3.63, 3.8) is 0 Å². The van der Waals surface area contributed by atoms with Crippen LogP contribution in [0.1, 0.15) is 0 Å². The molecule has 0 aliphatic heterocycles. The molecule has 0 spiro atoms. The minimum absolute atomic E-state index is 0. The van der Waals surface area contributed by atoms with Gasteiger partial charge in [0.05, 0.1) is 22.1 Å². The number of hydrogen-bond donors (Lipinski definition) is 0. The molecule has 0 unspecified atom stereocenters. The Hall–Kier alpha value is -5.28. The molecule has 0 saturated heterocycles. The fourth-order valence-electron chi connectivity index (χ4n) is 6.25. The molecule has 1 radical (unpaired) electrons. The molecule has 0 atom stereocenters. The summed E-state index contributed by atoms with van der Waals surface area (Å²) >= 11 is 0. The van der Waals surface area contributed by atoms with Gasteiger partial charge in [0, 0.05) is 59.2 Å². The summed E-state index contributed by atoms with van der Waals surface area (Å²) in [6, 6.07) is 60.3. The normalized spacial score (nSPS) is 10.9. The summed E-state index contributed by atoms with van der Waals surface area (Å²) in [5.41, 5.74) is 9.27. The van der Waals surface area contributed by atoms with Crippen molar-refractivity contribution >= 4 is 43.6 Å². The first-order valence-electron chi connectivity index (χ1n) is 14.8. The zero-order valence-corrected chi connectivity index (χ0v) is 26.7. The van der Waals surface area contributed by atoms with Crippen LogP contribution < -0.4 is 0 Å². The van der Waals surface area contributed by atoms with Gasteiger partial charge < -0.3 is 14.1 Å². The van der Waals surface area contributed by atoms with E-state index in [0.29, 0.717) is 0 Å². The van der Waals surface area contributed by atoms with Gasteiger partial charge in [0.2, 0.25) is 0 Å². The van der Waals surface area contributed by atoms with E-state index in [9.17, 15) is 0 Å². The molecule has 0 amide bonds. The number of nitrogens with zero attached hydrogens (tertiary/aromatic N) is 3. The zero-order chi connectivity index (χ0) is 29.3. The Morgan fingerprint density at radius 2 is 0.867 bits per heavy atom. The van der Waals surface area contributed by atoms with E-state index in [4.69, 9.17) is 0 Å². The van der Waals surface area contributed by atoms with Crippen LogP contribution in [0, 0.1) is 6.07 Å². The third kappa shape index (κ3) is 5.15. The second-order valence-corrected chi connectivity index (χ2v) is 10.8. The maximum atomic E-state index is 4.22. The number of aromatic nitrogens is 3. The topological polar surface area (TPSA) is 22.8 Å². The van der Waals surface area contributed by atoms with E-state index in [-0.39, 0.29) is 20.1 Å². The monoisotopic (exact) mass is 755 g/mol. The van der Waals surface area contributed by atoms with Crippen molar-refractivity contribution < 1.29 is 20.1 Å². The summed E-state index contributed by atoms with van der Waals surface area (Å²) in [4.78, 5) is 4.22. The van der Waals surface area contributed by atoms with Crippen molar-refractivity contribution in [3.8, 4) is 22.6 Å². The predicted molar refractivity (Wildman–Crippen MR) is 184 cm³/mol.